The lowest BCUT2D eigenvalue weighted by atomic mass is 10.5. The van der Waals surface area contributed by atoms with E-state index >= 15 is 0 Å². The van der Waals surface area contributed by atoms with E-state index in [-0.39, 0.29) is 23.0 Å². The van der Waals surface area contributed by atoms with E-state index in [1.807, 2.05) is 0 Å². The molecule has 4 N–H and O–H groups in total. The summed E-state index contributed by atoms with van der Waals surface area (Å²) in [4.78, 5) is 0. The standard InChI is InChI=1S/C14H32N2O11Si2/c1-28(25-15(17)18,7-3-5-21-9-13-11-23-13)27-29(2,26-16(19)20)8-4-6-22-10-14-12-24-14/h13-14,17-20H,3-12H2,1-2H3. The third-order valence-electron chi connectivity index (χ3n) is 4.23. The SMILES string of the molecule is C[Si](CCCOCC1CO1)(ON(O)O)O[Si](C)(CCCOCC1CO1)ON(O)O. The first-order valence-corrected chi connectivity index (χ1v) is 14.6. The van der Waals surface area contributed by atoms with Gasteiger partial charge < -0.3 is 23.1 Å². The van der Waals surface area contributed by atoms with E-state index in [0.717, 1.165) is 0 Å². The molecule has 4 atom stereocenters. The molecule has 0 radical (unpaired) electrons. The van der Waals surface area contributed by atoms with Crippen molar-refractivity contribution >= 4 is 17.1 Å². The molecule has 29 heavy (non-hydrogen) atoms. The van der Waals surface area contributed by atoms with Crippen molar-refractivity contribution in [2.45, 2.75) is 50.2 Å². The van der Waals surface area contributed by atoms with Gasteiger partial charge in [0.1, 0.15) is 12.2 Å². The van der Waals surface area contributed by atoms with E-state index in [9.17, 15) is 0 Å². The van der Waals surface area contributed by atoms with E-state index in [1.54, 1.807) is 13.1 Å². The molecule has 0 aliphatic carbocycles. The zero-order valence-corrected chi connectivity index (χ0v) is 18.8. The van der Waals surface area contributed by atoms with Gasteiger partial charge in [0.2, 0.25) is 0 Å². The molecule has 2 aliphatic rings. The van der Waals surface area contributed by atoms with Gasteiger partial charge in [-0.1, -0.05) is 0 Å². The smallest absolute Gasteiger partial charge is 0.353 e. The number of epoxide rings is 2. The van der Waals surface area contributed by atoms with Crippen molar-refractivity contribution in [1.82, 2.24) is 10.8 Å². The molecule has 0 saturated carbocycles. The summed E-state index contributed by atoms with van der Waals surface area (Å²) in [5.74, 6) is 0. The van der Waals surface area contributed by atoms with Crippen LogP contribution in [0.5, 0.6) is 0 Å². The lowest BCUT2D eigenvalue weighted by Crippen LogP contribution is -2.55. The Morgan fingerprint density at radius 3 is 1.48 bits per heavy atom. The highest BCUT2D eigenvalue weighted by Gasteiger charge is 2.46. The molecule has 2 aliphatic heterocycles. The number of hydrogen-bond donors (Lipinski definition) is 4. The molecule has 0 aromatic heterocycles. The molecule has 2 rings (SSSR count). The number of rotatable bonds is 18. The average Bonchev–Trinajstić information content (AvgIpc) is 3.47. The zero-order chi connectivity index (χ0) is 21.3. The predicted molar refractivity (Wildman–Crippen MR) is 97.3 cm³/mol. The fourth-order valence-corrected chi connectivity index (χ4v) is 10.00. The highest BCUT2D eigenvalue weighted by atomic mass is 28.5. The fraction of sp³-hybridized carbons (Fsp3) is 1.00. The molecular weight excluding hydrogens is 428 g/mol. The minimum Gasteiger partial charge on any atom is -0.413 e. The quantitative estimate of drug-likeness (QED) is 0.0984. The van der Waals surface area contributed by atoms with Gasteiger partial charge in [0.25, 0.3) is 0 Å². The van der Waals surface area contributed by atoms with Crippen molar-refractivity contribution in [3.63, 3.8) is 0 Å². The van der Waals surface area contributed by atoms with Crippen molar-refractivity contribution in [3.05, 3.63) is 0 Å². The van der Waals surface area contributed by atoms with E-state index in [1.165, 1.54) is 0 Å². The van der Waals surface area contributed by atoms with Gasteiger partial charge in [-0.25, -0.2) is 0 Å². The van der Waals surface area contributed by atoms with Gasteiger partial charge in [0.15, 0.2) is 0 Å². The third-order valence-corrected chi connectivity index (χ3v) is 11.3. The van der Waals surface area contributed by atoms with E-state index < -0.39 is 17.1 Å². The molecule has 0 amide bonds. The highest BCUT2D eigenvalue weighted by Crippen LogP contribution is 2.27. The number of nitrogens with zero attached hydrogens (tertiary/aromatic N) is 2. The fourth-order valence-electron chi connectivity index (χ4n) is 2.78. The summed E-state index contributed by atoms with van der Waals surface area (Å²) in [7, 11) is -6.42. The maximum Gasteiger partial charge on any atom is 0.353 e. The number of hydrogen-bond acceptors (Lipinski definition) is 13. The lowest BCUT2D eigenvalue weighted by Gasteiger charge is -2.36. The Kier molecular flexibility index (Phi) is 10.5. The van der Waals surface area contributed by atoms with Crippen LogP contribution in [-0.2, 0) is 32.1 Å². The zero-order valence-electron chi connectivity index (χ0n) is 16.8. The summed E-state index contributed by atoms with van der Waals surface area (Å²) in [5.41, 5.74) is 0. The van der Waals surface area contributed by atoms with Crippen LogP contribution in [-0.4, -0.2) is 101 Å². The van der Waals surface area contributed by atoms with Gasteiger partial charge in [0.05, 0.1) is 37.2 Å². The van der Waals surface area contributed by atoms with Crippen LogP contribution >= 0.6 is 0 Å². The first kappa shape index (κ1) is 25.2. The molecule has 0 aromatic rings. The van der Waals surface area contributed by atoms with Crippen molar-refractivity contribution in [3.8, 4) is 0 Å². The van der Waals surface area contributed by atoms with Crippen LogP contribution in [0.1, 0.15) is 12.8 Å². The maximum atomic E-state index is 9.16. The Hall–Kier alpha value is -0.0862. The topological polar surface area (TPSA) is 159 Å². The van der Waals surface area contributed by atoms with Gasteiger partial charge >= 0.3 is 17.1 Å². The molecule has 0 bridgehead atoms. The van der Waals surface area contributed by atoms with Crippen molar-refractivity contribution in [1.29, 1.82) is 0 Å². The Balaban J connectivity index is 1.82. The molecule has 4 unspecified atom stereocenters. The molecule has 13 nitrogen and oxygen atoms in total. The summed E-state index contributed by atoms with van der Waals surface area (Å²) in [5, 5.41) is 35.9. The second-order valence-electron chi connectivity index (χ2n) is 7.33. The van der Waals surface area contributed by atoms with Gasteiger partial charge in [-0.15, -0.1) is 0 Å². The summed E-state index contributed by atoms with van der Waals surface area (Å²) in [6.07, 6.45) is 1.41. The molecule has 2 heterocycles. The molecule has 0 spiro atoms. The van der Waals surface area contributed by atoms with Crippen LogP contribution in [0.4, 0.5) is 0 Å². The summed E-state index contributed by atoms with van der Waals surface area (Å²) >= 11 is 0. The van der Waals surface area contributed by atoms with Gasteiger partial charge in [0, 0.05) is 13.2 Å². The lowest BCUT2D eigenvalue weighted by molar-refractivity contribution is -0.466. The monoisotopic (exact) mass is 460 g/mol. The van der Waals surface area contributed by atoms with Crippen LogP contribution in [0.3, 0.4) is 0 Å². The Bertz CT molecular complexity index is 433. The third kappa shape index (κ3) is 11.8. The average molecular weight is 461 g/mol. The molecule has 2 saturated heterocycles. The minimum atomic E-state index is -3.21. The second-order valence-corrected chi connectivity index (χ2v) is 14.0. The Morgan fingerprint density at radius 1 is 0.793 bits per heavy atom. The van der Waals surface area contributed by atoms with Gasteiger partial charge in [-0.2, -0.15) is 0 Å². The van der Waals surface area contributed by atoms with Crippen LogP contribution < -0.4 is 0 Å². The molecular formula is C14H32N2O11Si2. The van der Waals surface area contributed by atoms with Gasteiger partial charge in [-0.05, 0) is 38.0 Å². The summed E-state index contributed by atoms with van der Waals surface area (Å²) < 4.78 is 37.4. The normalized spacial score (nSPS) is 25.2. The maximum absolute atomic E-state index is 9.16. The van der Waals surface area contributed by atoms with Crippen LogP contribution in [0.25, 0.3) is 0 Å². The Labute approximate surface area is 171 Å². The first-order chi connectivity index (χ1) is 13.7. The van der Waals surface area contributed by atoms with Crippen LogP contribution in [0.15, 0.2) is 0 Å². The van der Waals surface area contributed by atoms with Crippen molar-refractivity contribution in [2.75, 3.05) is 39.6 Å². The van der Waals surface area contributed by atoms with Crippen molar-refractivity contribution in [2.24, 2.45) is 0 Å². The second kappa shape index (κ2) is 12.1. The minimum absolute atomic E-state index is 0.161. The largest absolute Gasteiger partial charge is 0.413 e. The Morgan fingerprint density at radius 2 is 1.17 bits per heavy atom. The van der Waals surface area contributed by atoms with Gasteiger partial charge in [-0.3, -0.25) is 29.9 Å². The highest BCUT2D eigenvalue weighted by molar-refractivity contribution is 6.79. The molecule has 172 valence electrons. The predicted octanol–water partition coefficient (Wildman–Crippen LogP) is 0.782. The molecule has 0 aromatic carbocycles. The van der Waals surface area contributed by atoms with Crippen LogP contribution in [0, 0.1) is 0 Å². The molecule has 15 heteroatoms. The van der Waals surface area contributed by atoms with E-state index in [2.05, 4.69) is 0 Å². The van der Waals surface area contributed by atoms with Crippen molar-refractivity contribution < 1.29 is 52.9 Å². The van der Waals surface area contributed by atoms with E-state index in [4.69, 9.17) is 52.9 Å². The molecule has 2 fully saturated rings. The van der Waals surface area contributed by atoms with Crippen LogP contribution in [0.2, 0.25) is 25.2 Å². The number of ether oxygens (including phenoxy) is 4. The first-order valence-electron chi connectivity index (χ1n) is 9.53. The summed E-state index contributed by atoms with van der Waals surface area (Å²) in [6.45, 7) is 6.55. The van der Waals surface area contributed by atoms with E-state index in [0.29, 0.717) is 64.6 Å². The summed E-state index contributed by atoms with van der Waals surface area (Å²) in [6, 6.07) is 0.711.